The molecule has 31 heavy (non-hydrogen) atoms. The number of likely N-dealkylation sites (tertiary alicyclic amines) is 1. The van der Waals surface area contributed by atoms with Gasteiger partial charge in [-0.05, 0) is 37.7 Å². The quantitative estimate of drug-likeness (QED) is 0.169. The molecule has 0 aromatic heterocycles. The zero-order chi connectivity index (χ0) is 23.6. The highest BCUT2D eigenvalue weighted by atomic mass is 32.2. The summed E-state index contributed by atoms with van der Waals surface area (Å²) in [4.78, 5) is 61.5. The number of rotatable bonds is 13. The average Bonchev–Trinajstić information content (AvgIpc) is 3.22. The van der Waals surface area contributed by atoms with Crippen molar-refractivity contribution in [1.29, 1.82) is 0 Å². The highest BCUT2D eigenvalue weighted by molar-refractivity contribution is 7.98. The van der Waals surface area contributed by atoms with Gasteiger partial charge in [0, 0.05) is 13.0 Å². The topological polar surface area (TPSA) is 205 Å². The molecule has 1 saturated heterocycles. The molecule has 0 radical (unpaired) electrons. The maximum absolute atomic E-state index is 13.1. The number of carboxylic acid groups (broad SMARTS) is 1. The summed E-state index contributed by atoms with van der Waals surface area (Å²) < 4.78 is 0. The van der Waals surface area contributed by atoms with E-state index in [1.165, 1.54) is 16.7 Å². The molecule has 0 spiro atoms. The molecule has 8 N–H and O–H groups in total. The van der Waals surface area contributed by atoms with Crippen LogP contribution in [0.1, 0.15) is 32.1 Å². The fourth-order valence-electron chi connectivity index (χ4n) is 3.17. The average molecular weight is 462 g/mol. The Balaban J connectivity index is 2.90. The van der Waals surface area contributed by atoms with Crippen LogP contribution in [0.4, 0.5) is 0 Å². The number of thioether (sulfide) groups is 1. The summed E-state index contributed by atoms with van der Waals surface area (Å²) in [7, 11) is 0. The zero-order valence-electron chi connectivity index (χ0n) is 17.4. The van der Waals surface area contributed by atoms with Crippen LogP contribution < -0.4 is 22.1 Å². The van der Waals surface area contributed by atoms with Crippen molar-refractivity contribution in [2.45, 2.75) is 56.3 Å². The lowest BCUT2D eigenvalue weighted by Crippen LogP contribution is -2.57. The number of aliphatic carboxylic acids is 1. The Labute approximate surface area is 184 Å². The summed E-state index contributed by atoms with van der Waals surface area (Å²) in [5.41, 5.74) is 10.6. The molecule has 1 fully saturated rings. The molecule has 12 nitrogen and oxygen atoms in total. The van der Waals surface area contributed by atoms with Gasteiger partial charge < -0.3 is 37.2 Å². The van der Waals surface area contributed by atoms with E-state index in [0.29, 0.717) is 25.0 Å². The highest BCUT2D eigenvalue weighted by Crippen LogP contribution is 2.20. The molecule has 0 bridgehead atoms. The molecule has 0 aliphatic carbocycles. The van der Waals surface area contributed by atoms with Gasteiger partial charge in [-0.25, -0.2) is 4.79 Å². The summed E-state index contributed by atoms with van der Waals surface area (Å²) in [5.74, 6) is -3.25. The third-order valence-electron chi connectivity index (χ3n) is 4.89. The number of amides is 4. The molecule has 176 valence electrons. The minimum Gasteiger partial charge on any atom is -0.480 e. The molecule has 1 rings (SSSR count). The van der Waals surface area contributed by atoms with Crippen molar-refractivity contribution in [3.63, 3.8) is 0 Å². The number of carboxylic acids is 1. The number of carbonyl (C=O) groups excluding carboxylic acids is 4. The van der Waals surface area contributed by atoms with E-state index in [1.807, 2.05) is 6.26 Å². The second kappa shape index (κ2) is 13.1. The van der Waals surface area contributed by atoms with E-state index in [4.69, 9.17) is 16.6 Å². The highest BCUT2D eigenvalue weighted by Gasteiger charge is 2.39. The van der Waals surface area contributed by atoms with Gasteiger partial charge in [0.2, 0.25) is 23.6 Å². The molecule has 4 unspecified atom stereocenters. The minimum absolute atomic E-state index is 0.164. The van der Waals surface area contributed by atoms with Crippen LogP contribution in [0.5, 0.6) is 0 Å². The lowest BCUT2D eigenvalue weighted by molar-refractivity contribution is -0.145. The van der Waals surface area contributed by atoms with E-state index in [-0.39, 0.29) is 19.4 Å². The van der Waals surface area contributed by atoms with Crippen molar-refractivity contribution in [1.82, 2.24) is 15.5 Å². The van der Waals surface area contributed by atoms with E-state index in [2.05, 4.69) is 10.6 Å². The molecule has 0 aromatic carbocycles. The molecule has 1 heterocycles. The maximum atomic E-state index is 13.1. The van der Waals surface area contributed by atoms with Gasteiger partial charge in [-0.1, -0.05) is 0 Å². The van der Waals surface area contributed by atoms with Crippen LogP contribution in [-0.2, 0) is 24.0 Å². The molecule has 0 saturated carbocycles. The number of nitrogens with zero attached hydrogens (tertiary/aromatic N) is 1. The van der Waals surface area contributed by atoms with Gasteiger partial charge in [-0.3, -0.25) is 19.2 Å². The third-order valence-corrected chi connectivity index (χ3v) is 5.54. The first-order valence-corrected chi connectivity index (χ1v) is 11.3. The molecule has 1 aliphatic rings. The third kappa shape index (κ3) is 8.34. The summed E-state index contributed by atoms with van der Waals surface area (Å²) in [6.45, 7) is -0.306. The second-order valence-corrected chi connectivity index (χ2v) is 8.21. The van der Waals surface area contributed by atoms with Gasteiger partial charge in [0.1, 0.15) is 24.2 Å². The Morgan fingerprint density at radius 3 is 2.39 bits per heavy atom. The van der Waals surface area contributed by atoms with Gasteiger partial charge in [0.25, 0.3) is 0 Å². The lowest BCUT2D eigenvalue weighted by atomic mass is 10.1. The first-order chi connectivity index (χ1) is 14.6. The fourth-order valence-corrected chi connectivity index (χ4v) is 3.64. The molecule has 4 atom stereocenters. The number of carbonyl (C=O) groups is 5. The number of hydrogen-bond donors (Lipinski definition) is 6. The molecular formula is C18H31N5O7S. The number of hydrogen-bond acceptors (Lipinski definition) is 8. The monoisotopic (exact) mass is 461 g/mol. The smallest absolute Gasteiger partial charge is 0.326 e. The number of nitrogens with two attached hydrogens (primary N) is 2. The number of primary amides is 1. The number of nitrogens with one attached hydrogen (secondary N) is 2. The minimum atomic E-state index is -1.31. The van der Waals surface area contributed by atoms with E-state index >= 15 is 0 Å². The zero-order valence-corrected chi connectivity index (χ0v) is 18.2. The molecule has 0 aromatic rings. The van der Waals surface area contributed by atoms with Crippen LogP contribution in [0.15, 0.2) is 0 Å². The van der Waals surface area contributed by atoms with Crippen LogP contribution in [0.2, 0.25) is 0 Å². The van der Waals surface area contributed by atoms with E-state index < -0.39 is 60.4 Å². The van der Waals surface area contributed by atoms with Crippen molar-refractivity contribution >= 4 is 41.4 Å². The van der Waals surface area contributed by atoms with Crippen LogP contribution in [0.3, 0.4) is 0 Å². The van der Waals surface area contributed by atoms with Crippen molar-refractivity contribution < 1.29 is 34.2 Å². The van der Waals surface area contributed by atoms with E-state index in [0.717, 1.165) is 0 Å². The van der Waals surface area contributed by atoms with Crippen molar-refractivity contribution in [2.24, 2.45) is 11.5 Å². The Kier molecular flexibility index (Phi) is 11.3. The molecule has 1 aliphatic heterocycles. The van der Waals surface area contributed by atoms with Gasteiger partial charge in [-0.2, -0.15) is 11.8 Å². The summed E-state index contributed by atoms with van der Waals surface area (Å²) in [6.07, 6.45) is 2.63. The van der Waals surface area contributed by atoms with E-state index in [1.54, 1.807) is 0 Å². The van der Waals surface area contributed by atoms with Crippen LogP contribution in [0, 0.1) is 0 Å². The van der Waals surface area contributed by atoms with Gasteiger partial charge >= 0.3 is 5.97 Å². The predicted octanol–water partition coefficient (Wildman–Crippen LogP) is -2.63. The van der Waals surface area contributed by atoms with E-state index in [9.17, 15) is 29.1 Å². The first kappa shape index (κ1) is 26.7. The molecule has 4 amide bonds. The first-order valence-electron chi connectivity index (χ1n) is 9.90. The van der Waals surface area contributed by atoms with Crippen LogP contribution >= 0.6 is 11.8 Å². The summed E-state index contributed by atoms with van der Waals surface area (Å²) in [6, 6.07) is -4.32. The number of aliphatic hydroxyl groups is 1. The molecular weight excluding hydrogens is 430 g/mol. The summed E-state index contributed by atoms with van der Waals surface area (Å²) in [5, 5.41) is 23.2. The predicted molar refractivity (Wildman–Crippen MR) is 113 cm³/mol. The normalized spacial score (nSPS) is 18.7. The van der Waals surface area contributed by atoms with Crippen molar-refractivity contribution in [3.05, 3.63) is 0 Å². The Bertz CT molecular complexity index is 678. The fraction of sp³-hybridized carbons (Fsp3) is 0.722. The van der Waals surface area contributed by atoms with Gasteiger partial charge in [0.15, 0.2) is 0 Å². The Morgan fingerprint density at radius 1 is 1.16 bits per heavy atom. The largest absolute Gasteiger partial charge is 0.480 e. The maximum Gasteiger partial charge on any atom is 0.326 e. The van der Waals surface area contributed by atoms with Gasteiger partial charge in [0.05, 0.1) is 6.61 Å². The van der Waals surface area contributed by atoms with Crippen LogP contribution in [-0.4, -0.2) is 94.0 Å². The number of aliphatic hydroxyl groups excluding tert-OH is 1. The standard InChI is InChI=1S/C18H31N5O7S/c1-31-8-6-11(21-15(26)10(19)9-24)17(28)23-7-2-3-13(23)16(27)22-12(18(29)30)4-5-14(20)25/h10-13,24H,2-9,19H2,1H3,(H2,20,25)(H,21,26)(H,22,27)(H,29,30). The molecule has 13 heteroatoms. The second-order valence-electron chi connectivity index (χ2n) is 7.23. The Morgan fingerprint density at radius 2 is 1.84 bits per heavy atom. The van der Waals surface area contributed by atoms with Gasteiger partial charge in [-0.15, -0.1) is 0 Å². The van der Waals surface area contributed by atoms with Crippen molar-refractivity contribution in [3.8, 4) is 0 Å². The SMILES string of the molecule is CSCCC(NC(=O)C(N)CO)C(=O)N1CCCC1C(=O)NC(CCC(N)=O)C(=O)O. The Hall–Kier alpha value is -2.38. The van der Waals surface area contributed by atoms with Crippen LogP contribution in [0.25, 0.3) is 0 Å². The summed E-state index contributed by atoms with van der Waals surface area (Å²) >= 11 is 1.47. The lowest BCUT2D eigenvalue weighted by Gasteiger charge is -2.29. The van der Waals surface area contributed by atoms with Crippen molar-refractivity contribution in [2.75, 3.05) is 25.2 Å².